The molecule has 1 N–H and O–H groups in total. The van der Waals surface area contributed by atoms with Crippen LogP contribution in [-0.4, -0.2) is 14.7 Å². The van der Waals surface area contributed by atoms with Crippen molar-refractivity contribution in [2.24, 2.45) is 0 Å². The Morgan fingerprint density at radius 2 is 1.27 bits per heavy atom. The summed E-state index contributed by atoms with van der Waals surface area (Å²) in [6.45, 7) is 0. The van der Waals surface area contributed by atoms with Gasteiger partial charge in [0.25, 0.3) is 0 Å². The molecule has 0 fully saturated rings. The molecule has 0 spiro atoms. The summed E-state index contributed by atoms with van der Waals surface area (Å²) in [5.74, 6) is 0. The van der Waals surface area contributed by atoms with Gasteiger partial charge in [0.2, 0.25) is 10.0 Å². The van der Waals surface area contributed by atoms with Crippen LogP contribution >= 0.6 is 9.24 Å². The molecule has 0 bridgehead atoms. The Hall–Kier alpha value is -2.42. The third kappa shape index (κ3) is 3.07. The first-order valence-electron chi connectivity index (χ1n) is 8.21. The van der Waals surface area contributed by atoms with E-state index in [2.05, 4.69) is 32.2 Å². The lowest BCUT2D eigenvalue weighted by Crippen LogP contribution is -2.11. The molecule has 26 heavy (non-hydrogen) atoms. The predicted octanol–water partition coefficient (Wildman–Crippen LogP) is 4.53. The van der Waals surface area contributed by atoms with Crippen LogP contribution in [0.1, 0.15) is 0 Å². The summed E-state index contributed by atoms with van der Waals surface area (Å²) in [6.07, 6.45) is 1.18. The summed E-state index contributed by atoms with van der Waals surface area (Å²) in [4.78, 5) is 0. The largest absolute Gasteiger partial charge is 0.283 e. The lowest BCUT2D eigenvalue weighted by molar-refractivity contribution is 0.607. The fraction of sp³-hybridized carbons (Fsp3) is 0.0476. The molecule has 0 aromatic heterocycles. The highest BCUT2D eigenvalue weighted by Gasteiger charge is 2.17. The van der Waals surface area contributed by atoms with Gasteiger partial charge in [0.15, 0.2) is 0 Å². The molecule has 0 radical (unpaired) electrons. The van der Waals surface area contributed by atoms with Gasteiger partial charge in [0.1, 0.15) is 0 Å². The van der Waals surface area contributed by atoms with Crippen LogP contribution in [0.2, 0.25) is 0 Å². The van der Waals surface area contributed by atoms with Crippen LogP contribution in [0.5, 0.6) is 0 Å². The van der Waals surface area contributed by atoms with Crippen molar-refractivity contribution >= 4 is 51.8 Å². The number of hydrogen-bond donors (Lipinski definition) is 1. The smallest absolute Gasteiger partial charge is 0.229 e. The predicted molar refractivity (Wildman–Crippen MR) is 115 cm³/mol. The molecule has 0 aliphatic carbocycles. The average molecular weight is 379 g/mol. The van der Waals surface area contributed by atoms with E-state index in [1.807, 2.05) is 54.6 Å². The van der Waals surface area contributed by atoms with E-state index in [1.165, 1.54) is 6.26 Å². The molecule has 4 rings (SSSR count). The maximum atomic E-state index is 12.0. The molecular formula is C21H18NO2PS. The summed E-state index contributed by atoms with van der Waals surface area (Å²) < 4.78 is 26.6. The zero-order valence-electron chi connectivity index (χ0n) is 14.2. The third-order valence-electron chi connectivity index (χ3n) is 4.44. The Labute approximate surface area is 155 Å². The zero-order valence-corrected chi connectivity index (χ0v) is 16.2. The van der Waals surface area contributed by atoms with E-state index >= 15 is 0 Å². The zero-order chi connectivity index (χ0) is 18.3. The monoisotopic (exact) mass is 379 g/mol. The Morgan fingerprint density at radius 3 is 1.88 bits per heavy atom. The topological polar surface area (TPSA) is 46.2 Å². The Bertz CT molecular complexity index is 1250. The number of anilines is 1. The molecule has 130 valence electrons. The molecular weight excluding hydrogens is 361 g/mol. The molecule has 4 aromatic rings. The molecule has 1 unspecified atom stereocenters. The van der Waals surface area contributed by atoms with Crippen molar-refractivity contribution in [3.05, 3.63) is 72.8 Å². The standard InChI is InChI=1S/C21H18NO2PS/c1-26(23,24)22-18-12-10-14-6-2-4-8-16(14)20(18)21-17-9-5-3-7-15(17)11-13-19(21)25/h2-13,22H,25H2,1H3. The van der Waals surface area contributed by atoms with Crippen molar-refractivity contribution in [1.82, 2.24) is 0 Å². The van der Waals surface area contributed by atoms with Gasteiger partial charge in [0, 0.05) is 5.56 Å². The number of fused-ring (bicyclic) bond motifs is 2. The van der Waals surface area contributed by atoms with Gasteiger partial charge in [-0.25, -0.2) is 8.42 Å². The molecule has 1 atom stereocenters. The summed E-state index contributed by atoms with van der Waals surface area (Å²) in [7, 11) is -0.619. The van der Waals surface area contributed by atoms with Crippen LogP contribution in [0.25, 0.3) is 32.7 Å². The summed E-state index contributed by atoms with van der Waals surface area (Å²) >= 11 is 0. The van der Waals surface area contributed by atoms with Crippen LogP contribution in [0.3, 0.4) is 0 Å². The van der Waals surface area contributed by atoms with Crippen molar-refractivity contribution in [3.63, 3.8) is 0 Å². The minimum atomic E-state index is -3.40. The summed E-state index contributed by atoms with van der Waals surface area (Å²) in [5.41, 5.74) is 2.51. The SMILES string of the molecule is CS(=O)(=O)Nc1ccc2ccccc2c1-c1c(P)ccc2ccccc12. The second kappa shape index (κ2) is 6.39. The second-order valence-corrected chi connectivity index (χ2v) is 8.70. The number of hydrogen-bond acceptors (Lipinski definition) is 2. The van der Waals surface area contributed by atoms with Gasteiger partial charge in [-0.1, -0.05) is 66.7 Å². The van der Waals surface area contributed by atoms with E-state index < -0.39 is 10.0 Å². The molecule has 3 nitrogen and oxygen atoms in total. The quantitative estimate of drug-likeness (QED) is 0.532. The Kier molecular flexibility index (Phi) is 4.18. The van der Waals surface area contributed by atoms with Crippen LogP contribution in [0.4, 0.5) is 5.69 Å². The van der Waals surface area contributed by atoms with Gasteiger partial charge in [-0.2, -0.15) is 0 Å². The summed E-state index contributed by atoms with van der Waals surface area (Å²) in [5, 5.41) is 5.32. The molecule has 5 heteroatoms. The first-order chi connectivity index (χ1) is 12.4. The van der Waals surface area contributed by atoms with E-state index in [4.69, 9.17) is 0 Å². The Balaban J connectivity index is 2.17. The summed E-state index contributed by atoms with van der Waals surface area (Å²) in [6, 6.07) is 24.1. The molecule has 0 saturated heterocycles. The van der Waals surface area contributed by atoms with Crippen molar-refractivity contribution in [3.8, 4) is 11.1 Å². The highest BCUT2D eigenvalue weighted by atomic mass is 32.2. The van der Waals surface area contributed by atoms with E-state index in [-0.39, 0.29) is 0 Å². The van der Waals surface area contributed by atoms with Crippen molar-refractivity contribution < 1.29 is 8.42 Å². The molecule has 0 amide bonds. The molecule has 0 heterocycles. The maximum absolute atomic E-state index is 12.0. The number of rotatable bonds is 3. The van der Waals surface area contributed by atoms with Gasteiger partial charge in [-0.05, 0) is 38.5 Å². The van der Waals surface area contributed by atoms with Gasteiger partial charge in [-0.15, -0.1) is 9.24 Å². The van der Waals surface area contributed by atoms with Crippen molar-refractivity contribution in [2.75, 3.05) is 11.0 Å². The van der Waals surface area contributed by atoms with Crippen molar-refractivity contribution in [1.29, 1.82) is 0 Å². The van der Waals surface area contributed by atoms with Gasteiger partial charge in [0.05, 0.1) is 11.9 Å². The first-order valence-corrected chi connectivity index (χ1v) is 10.7. The highest BCUT2D eigenvalue weighted by Crippen LogP contribution is 2.39. The number of nitrogens with one attached hydrogen (secondary N) is 1. The molecule has 0 aliphatic heterocycles. The van der Waals surface area contributed by atoms with E-state index in [0.717, 1.165) is 38.0 Å². The van der Waals surface area contributed by atoms with E-state index in [1.54, 1.807) is 0 Å². The van der Waals surface area contributed by atoms with Crippen LogP contribution < -0.4 is 10.0 Å². The number of sulfonamides is 1. The fourth-order valence-electron chi connectivity index (χ4n) is 3.39. The molecule has 0 aliphatic rings. The minimum absolute atomic E-state index is 0.589. The lowest BCUT2D eigenvalue weighted by atomic mass is 9.92. The third-order valence-corrected chi connectivity index (χ3v) is 5.51. The highest BCUT2D eigenvalue weighted by molar-refractivity contribution is 7.92. The maximum Gasteiger partial charge on any atom is 0.229 e. The first kappa shape index (κ1) is 17.0. The average Bonchev–Trinajstić information content (AvgIpc) is 2.61. The van der Waals surface area contributed by atoms with Gasteiger partial charge < -0.3 is 0 Å². The fourth-order valence-corrected chi connectivity index (χ4v) is 4.36. The van der Waals surface area contributed by atoms with Gasteiger partial charge >= 0.3 is 0 Å². The van der Waals surface area contributed by atoms with Crippen LogP contribution in [-0.2, 0) is 10.0 Å². The van der Waals surface area contributed by atoms with Crippen LogP contribution in [0.15, 0.2) is 72.8 Å². The van der Waals surface area contributed by atoms with Gasteiger partial charge in [-0.3, -0.25) is 4.72 Å². The molecule has 4 aromatic carbocycles. The van der Waals surface area contributed by atoms with E-state index in [9.17, 15) is 8.42 Å². The lowest BCUT2D eigenvalue weighted by Gasteiger charge is -2.18. The number of benzene rings is 4. The second-order valence-electron chi connectivity index (χ2n) is 6.33. The molecule has 0 saturated carbocycles. The minimum Gasteiger partial charge on any atom is -0.283 e. The Morgan fingerprint density at radius 1 is 0.731 bits per heavy atom. The van der Waals surface area contributed by atoms with E-state index in [0.29, 0.717) is 5.69 Å². The normalized spacial score (nSPS) is 11.8. The van der Waals surface area contributed by atoms with Crippen molar-refractivity contribution in [2.45, 2.75) is 0 Å². The van der Waals surface area contributed by atoms with Crippen LogP contribution in [0, 0.1) is 0 Å².